The third-order valence-corrected chi connectivity index (χ3v) is 2.07. The number of halogens is 5. The van der Waals surface area contributed by atoms with Crippen molar-refractivity contribution in [3.63, 3.8) is 0 Å². The van der Waals surface area contributed by atoms with Crippen molar-refractivity contribution in [3.8, 4) is 0 Å². The van der Waals surface area contributed by atoms with E-state index >= 15 is 0 Å². The molecule has 1 rings (SSSR count). The van der Waals surface area contributed by atoms with Crippen molar-refractivity contribution in [1.29, 1.82) is 0 Å². The highest BCUT2D eigenvalue weighted by molar-refractivity contribution is 9.09. The van der Waals surface area contributed by atoms with Crippen LogP contribution in [-0.2, 0) is 6.18 Å². The fourth-order valence-corrected chi connectivity index (χ4v) is 1.34. The van der Waals surface area contributed by atoms with Crippen LogP contribution in [0.15, 0.2) is 18.2 Å². The minimum atomic E-state index is -4.47. The summed E-state index contributed by atoms with van der Waals surface area (Å²) in [6.45, 7) is 0. The molecule has 0 N–H and O–H groups in total. The molecular formula is C9H6BrClF3N. The lowest BCUT2D eigenvalue weighted by Gasteiger charge is -2.06. The van der Waals surface area contributed by atoms with Crippen LogP contribution >= 0.6 is 27.5 Å². The van der Waals surface area contributed by atoms with Crippen LogP contribution in [-0.4, -0.2) is 10.3 Å². The van der Waals surface area contributed by atoms with Crippen LogP contribution in [0.2, 0.25) is 5.15 Å². The molecule has 0 spiro atoms. The topological polar surface area (TPSA) is 12.9 Å². The maximum atomic E-state index is 12.3. The Morgan fingerprint density at radius 1 is 1.40 bits per heavy atom. The molecule has 0 bridgehead atoms. The van der Waals surface area contributed by atoms with Gasteiger partial charge in [0.1, 0.15) is 10.8 Å². The number of nitrogens with zero attached hydrogens (tertiary/aromatic N) is 1. The minimum absolute atomic E-state index is 0.168. The molecule has 0 amide bonds. The molecule has 0 aliphatic heterocycles. The molecule has 1 heterocycles. The van der Waals surface area contributed by atoms with Crippen LogP contribution in [0.4, 0.5) is 13.2 Å². The third-order valence-electron chi connectivity index (χ3n) is 1.51. The smallest absolute Gasteiger partial charge is 0.232 e. The average molecular weight is 301 g/mol. The molecule has 82 valence electrons. The van der Waals surface area contributed by atoms with Gasteiger partial charge >= 0.3 is 6.18 Å². The standard InChI is InChI=1S/C9H6BrClF3N/c10-3-1-2-6-4-7(9(12,13)14)15-8(11)5-6/h1-2,4-5H,3H2. The van der Waals surface area contributed by atoms with Gasteiger partial charge in [0.05, 0.1) is 0 Å². The molecular weight excluding hydrogens is 294 g/mol. The van der Waals surface area contributed by atoms with Crippen molar-refractivity contribution in [2.75, 3.05) is 5.33 Å². The van der Waals surface area contributed by atoms with E-state index in [1.54, 1.807) is 6.08 Å². The van der Waals surface area contributed by atoms with Gasteiger partial charge in [-0.05, 0) is 17.7 Å². The van der Waals surface area contributed by atoms with Gasteiger partial charge in [-0.3, -0.25) is 0 Å². The summed E-state index contributed by atoms with van der Waals surface area (Å²) in [5.41, 5.74) is -0.606. The Kier molecular flexibility index (Phi) is 4.16. The lowest BCUT2D eigenvalue weighted by molar-refractivity contribution is -0.141. The molecule has 0 aliphatic carbocycles. The normalized spacial score (nSPS) is 12.3. The van der Waals surface area contributed by atoms with E-state index < -0.39 is 11.9 Å². The molecule has 0 saturated heterocycles. The highest BCUT2D eigenvalue weighted by Gasteiger charge is 2.32. The number of pyridine rings is 1. The summed E-state index contributed by atoms with van der Waals surface area (Å²) < 4.78 is 36.9. The Balaban J connectivity index is 3.11. The first-order valence-electron chi connectivity index (χ1n) is 3.91. The zero-order valence-corrected chi connectivity index (χ0v) is 9.70. The van der Waals surface area contributed by atoms with E-state index in [-0.39, 0.29) is 5.15 Å². The molecule has 0 aromatic carbocycles. The predicted octanol–water partition coefficient (Wildman–Crippen LogP) is 4.16. The molecule has 0 saturated carbocycles. The molecule has 0 unspecified atom stereocenters. The number of allylic oxidation sites excluding steroid dienone is 1. The molecule has 1 nitrogen and oxygen atoms in total. The fourth-order valence-electron chi connectivity index (χ4n) is 0.939. The van der Waals surface area contributed by atoms with Gasteiger partial charge in [-0.15, -0.1) is 0 Å². The molecule has 0 fully saturated rings. The second-order valence-corrected chi connectivity index (χ2v) is 3.70. The number of rotatable bonds is 2. The Morgan fingerprint density at radius 3 is 2.60 bits per heavy atom. The van der Waals surface area contributed by atoms with Crippen molar-refractivity contribution < 1.29 is 13.2 Å². The Morgan fingerprint density at radius 2 is 2.07 bits per heavy atom. The van der Waals surface area contributed by atoms with Crippen LogP contribution in [0.1, 0.15) is 11.3 Å². The Labute approximate surface area is 98.1 Å². The van der Waals surface area contributed by atoms with Gasteiger partial charge in [0.25, 0.3) is 0 Å². The van der Waals surface area contributed by atoms with Crippen molar-refractivity contribution in [3.05, 3.63) is 34.6 Å². The van der Waals surface area contributed by atoms with Crippen LogP contribution in [0.3, 0.4) is 0 Å². The Hall–Kier alpha value is -0.550. The van der Waals surface area contributed by atoms with Gasteiger partial charge in [0.2, 0.25) is 0 Å². The zero-order valence-electron chi connectivity index (χ0n) is 7.35. The molecule has 0 aliphatic rings. The summed E-state index contributed by atoms with van der Waals surface area (Å²) in [5, 5.41) is 0.396. The van der Waals surface area contributed by atoms with Crippen molar-refractivity contribution in [2.45, 2.75) is 6.18 Å². The van der Waals surface area contributed by atoms with E-state index in [0.717, 1.165) is 6.07 Å². The maximum Gasteiger partial charge on any atom is 0.433 e. The largest absolute Gasteiger partial charge is 0.433 e. The maximum absolute atomic E-state index is 12.3. The Bertz CT molecular complexity index is 376. The van der Waals surface area contributed by atoms with E-state index in [2.05, 4.69) is 20.9 Å². The number of aromatic nitrogens is 1. The quantitative estimate of drug-likeness (QED) is 0.590. The van der Waals surface area contributed by atoms with Gasteiger partial charge in [-0.1, -0.05) is 39.7 Å². The summed E-state index contributed by atoms with van der Waals surface area (Å²) >= 11 is 8.60. The predicted molar refractivity (Wildman–Crippen MR) is 57.1 cm³/mol. The van der Waals surface area contributed by atoms with Crippen molar-refractivity contribution in [1.82, 2.24) is 4.98 Å². The zero-order chi connectivity index (χ0) is 11.5. The summed E-state index contributed by atoms with van der Waals surface area (Å²) in [6, 6.07) is 2.32. The average Bonchev–Trinajstić information content (AvgIpc) is 2.12. The van der Waals surface area contributed by atoms with E-state index in [1.807, 2.05) is 0 Å². The van der Waals surface area contributed by atoms with Crippen LogP contribution in [0.5, 0.6) is 0 Å². The van der Waals surface area contributed by atoms with E-state index in [0.29, 0.717) is 10.9 Å². The molecule has 0 radical (unpaired) electrons. The first-order valence-corrected chi connectivity index (χ1v) is 5.40. The van der Waals surface area contributed by atoms with Gasteiger partial charge in [0.15, 0.2) is 0 Å². The molecule has 6 heteroatoms. The van der Waals surface area contributed by atoms with Gasteiger partial charge in [-0.25, -0.2) is 4.98 Å². The number of hydrogen-bond acceptors (Lipinski definition) is 1. The lowest BCUT2D eigenvalue weighted by Crippen LogP contribution is -2.08. The second-order valence-electron chi connectivity index (χ2n) is 2.66. The van der Waals surface area contributed by atoms with Gasteiger partial charge < -0.3 is 0 Å². The molecule has 0 atom stereocenters. The molecule has 15 heavy (non-hydrogen) atoms. The van der Waals surface area contributed by atoms with Crippen LogP contribution in [0, 0.1) is 0 Å². The monoisotopic (exact) mass is 299 g/mol. The number of hydrogen-bond donors (Lipinski definition) is 0. The first-order chi connectivity index (χ1) is 6.93. The molecule has 1 aromatic rings. The summed E-state index contributed by atoms with van der Waals surface area (Å²) in [4.78, 5) is 3.21. The number of alkyl halides is 4. The third kappa shape index (κ3) is 3.83. The van der Waals surface area contributed by atoms with Gasteiger partial charge in [0, 0.05) is 5.33 Å². The van der Waals surface area contributed by atoms with Crippen molar-refractivity contribution in [2.24, 2.45) is 0 Å². The minimum Gasteiger partial charge on any atom is -0.232 e. The first kappa shape index (κ1) is 12.5. The van der Waals surface area contributed by atoms with Crippen LogP contribution < -0.4 is 0 Å². The van der Waals surface area contributed by atoms with E-state index in [9.17, 15) is 13.2 Å². The van der Waals surface area contributed by atoms with Crippen molar-refractivity contribution >= 4 is 33.6 Å². The van der Waals surface area contributed by atoms with Gasteiger partial charge in [-0.2, -0.15) is 13.2 Å². The highest BCUT2D eigenvalue weighted by Crippen LogP contribution is 2.29. The highest BCUT2D eigenvalue weighted by atomic mass is 79.9. The second kappa shape index (κ2) is 4.99. The lowest BCUT2D eigenvalue weighted by atomic mass is 10.2. The van der Waals surface area contributed by atoms with E-state index in [4.69, 9.17) is 11.6 Å². The molecule has 1 aromatic heterocycles. The SMILES string of the molecule is FC(F)(F)c1cc(C=CCBr)cc(Cl)n1. The van der Waals surface area contributed by atoms with Crippen LogP contribution in [0.25, 0.3) is 6.08 Å². The summed E-state index contributed by atoms with van der Waals surface area (Å²) in [7, 11) is 0. The fraction of sp³-hybridized carbons (Fsp3) is 0.222. The summed E-state index contributed by atoms with van der Waals surface area (Å²) in [6.07, 6.45) is -1.26. The van der Waals surface area contributed by atoms with E-state index in [1.165, 1.54) is 12.1 Å². The summed E-state index contributed by atoms with van der Waals surface area (Å²) in [5.74, 6) is 0.